The van der Waals surface area contributed by atoms with Crippen LogP contribution < -0.4 is 5.73 Å². The number of aryl methyl sites for hydroxylation is 2. The minimum absolute atomic E-state index is 0.0144. The van der Waals surface area contributed by atoms with Gasteiger partial charge in [-0.3, -0.25) is 9.48 Å². The van der Waals surface area contributed by atoms with Crippen LogP contribution in [0.15, 0.2) is 36.4 Å². The highest BCUT2D eigenvalue weighted by Crippen LogP contribution is 2.08. The summed E-state index contributed by atoms with van der Waals surface area (Å²) < 4.78 is 1.63. The average molecular weight is 286 g/mol. The smallest absolute Gasteiger partial charge is 0.272 e. The molecule has 0 fully saturated rings. The van der Waals surface area contributed by atoms with E-state index in [1.807, 2.05) is 31.2 Å². The van der Waals surface area contributed by atoms with E-state index in [1.165, 1.54) is 5.56 Å². The zero-order valence-corrected chi connectivity index (χ0v) is 12.6. The molecule has 0 saturated carbocycles. The van der Waals surface area contributed by atoms with Crippen LogP contribution >= 0.6 is 0 Å². The van der Waals surface area contributed by atoms with E-state index in [9.17, 15) is 4.79 Å². The Morgan fingerprint density at radius 3 is 2.57 bits per heavy atom. The number of carbonyl (C=O) groups is 1. The van der Waals surface area contributed by atoms with Crippen molar-refractivity contribution in [3.8, 4) is 0 Å². The van der Waals surface area contributed by atoms with Crippen molar-refractivity contribution in [3.63, 3.8) is 0 Å². The van der Waals surface area contributed by atoms with Crippen LogP contribution in [0.3, 0.4) is 0 Å². The molecule has 2 rings (SSSR count). The topological polar surface area (TPSA) is 64.2 Å². The van der Waals surface area contributed by atoms with Gasteiger partial charge in [0.1, 0.15) is 5.69 Å². The fourth-order valence-electron chi connectivity index (χ4n) is 2.35. The first-order valence-electron chi connectivity index (χ1n) is 7.15. The number of nitrogens with two attached hydrogens (primary N) is 1. The zero-order chi connectivity index (χ0) is 15.2. The second kappa shape index (κ2) is 7.04. The van der Waals surface area contributed by atoms with Crippen LogP contribution in [0.2, 0.25) is 0 Å². The third-order valence-corrected chi connectivity index (χ3v) is 3.42. The van der Waals surface area contributed by atoms with Crippen LogP contribution in [-0.2, 0) is 13.5 Å². The van der Waals surface area contributed by atoms with E-state index >= 15 is 0 Å². The molecule has 0 unspecified atom stereocenters. The van der Waals surface area contributed by atoms with Crippen LogP contribution in [0.1, 0.15) is 21.7 Å². The molecule has 1 heterocycles. The minimum atomic E-state index is -0.0144. The number of benzene rings is 1. The number of nitrogens with zero attached hydrogens (tertiary/aromatic N) is 3. The number of rotatable bonds is 6. The van der Waals surface area contributed by atoms with Crippen LogP contribution in [-0.4, -0.2) is 40.2 Å². The van der Waals surface area contributed by atoms with Crippen LogP contribution in [0.5, 0.6) is 0 Å². The van der Waals surface area contributed by atoms with Gasteiger partial charge in [0.2, 0.25) is 0 Å². The Labute approximate surface area is 125 Å². The molecule has 0 aliphatic carbocycles. The number of amides is 1. The third-order valence-electron chi connectivity index (χ3n) is 3.42. The Balaban J connectivity index is 2.07. The molecule has 0 saturated heterocycles. The van der Waals surface area contributed by atoms with Crippen molar-refractivity contribution in [2.75, 3.05) is 19.6 Å². The molecule has 21 heavy (non-hydrogen) atoms. The Morgan fingerprint density at radius 1 is 1.29 bits per heavy atom. The third kappa shape index (κ3) is 3.92. The van der Waals surface area contributed by atoms with Gasteiger partial charge in [0.15, 0.2) is 0 Å². The molecular weight excluding hydrogens is 264 g/mol. The lowest BCUT2D eigenvalue weighted by atomic mass is 10.1. The van der Waals surface area contributed by atoms with Crippen molar-refractivity contribution < 1.29 is 4.79 Å². The first-order chi connectivity index (χ1) is 10.1. The molecule has 0 bridgehead atoms. The SMILES string of the molecule is Cc1cc(C(=O)N(CCN)CCc2ccccc2)n(C)n1. The highest BCUT2D eigenvalue weighted by atomic mass is 16.2. The Kier molecular flexibility index (Phi) is 5.11. The quantitative estimate of drug-likeness (QED) is 0.872. The van der Waals surface area contributed by atoms with Crippen molar-refractivity contribution in [1.82, 2.24) is 14.7 Å². The summed E-state index contributed by atoms with van der Waals surface area (Å²) in [4.78, 5) is 14.4. The maximum absolute atomic E-state index is 12.6. The molecule has 0 radical (unpaired) electrons. The summed E-state index contributed by atoms with van der Waals surface area (Å²) in [7, 11) is 1.79. The maximum Gasteiger partial charge on any atom is 0.272 e. The highest BCUT2D eigenvalue weighted by molar-refractivity contribution is 5.92. The monoisotopic (exact) mass is 286 g/mol. The van der Waals surface area contributed by atoms with E-state index in [1.54, 1.807) is 16.6 Å². The van der Waals surface area contributed by atoms with E-state index in [2.05, 4.69) is 17.2 Å². The molecule has 1 aromatic carbocycles. The maximum atomic E-state index is 12.6. The molecule has 0 aliphatic heterocycles. The largest absolute Gasteiger partial charge is 0.336 e. The molecule has 1 aromatic heterocycles. The van der Waals surface area contributed by atoms with Crippen molar-refractivity contribution >= 4 is 5.91 Å². The van der Waals surface area contributed by atoms with E-state index in [0.717, 1.165) is 12.1 Å². The van der Waals surface area contributed by atoms with Gasteiger partial charge >= 0.3 is 0 Å². The van der Waals surface area contributed by atoms with E-state index < -0.39 is 0 Å². The summed E-state index contributed by atoms with van der Waals surface area (Å²) in [6.07, 6.45) is 0.823. The average Bonchev–Trinajstić information content (AvgIpc) is 2.82. The van der Waals surface area contributed by atoms with Gasteiger partial charge in [-0.2, -0.15) is 5.10 Å². The second-order valence-corrected chi connectivity index (χ2v) is 5.11. The highest BCUT2D eigenvalue weighted by Gasteiger charge is 2.18. The second-order valence-electron chi connectivity index (χ2n) is 5.11. The number of hydrogen-bond acceptors (Lipinski definition) is 3. The molecule has 1 amide bonds. The molecule has 112 valence electrons. The lowest BCUT2D eigenvalue weighted by Crippen LogP contribution is -2.37. The van der Waals surface area contributed by atoms with Crippen molar-refractivity contribution in [1.29, 1.82) is 0 Å². The van der Waals surface area contributed by atoms with Gasteiger partial charge < -0.3 is 10.6 Å². The first-order valence-corrected chi connectivity index (χ1v) is 7.15. The van der Waals surface area contributed by atoms with Crippen molar-refractivity contribution in [2.45, 2.75) is 13.3 Å². The van der Waals surface area contributed by atoms with Gasteiger partial charge in [0.25, 0.3) is 5.91 Å². The Morgan fingerprint density at radius 2 is 2.00 bits per heavy atom. The summed E-state index contributed by atoms with van der Waals surface area (Å²) in [5.74, 6) is -0.0144. The summed E-state index contributed by atoms with van der Waals surface area (Å²) >= 11 is 0. The van der Waals surface area contributed by atoms with E-state index in [-0.39, 0.29) is 5.91 Å². The molecule has 0 aliphatic rings. The van der Waals surface area contributed by atoms with Gasteiger partial charge in [-0.1, -0.05) is 30.3 Å². The fraction of sp³-hybridized carbons (Fsp3) is 0.375. The number of hydrogen-bond donors (Lipinski definition) is 1. The Hall–Kier alpha value is -2.14. The van der Waals surface area contributed by atoms with Crippen LogP contribution in [0.4, 0.5) is 0 Å². The fourth-order valence-corrected chi connectivity index (χ4v) is 2.35. The molecule has 2 aromatic rings. The first kappa shape index (κ1) is 15.3. The summed E-state index contributed by atoms with van der Waals surface area (Å²) in [5.41, 5.74) is 8.31. The van der Waals surface area contributed by atoms with Crippen molar-refractivity contribution in [3.05, 3.63) is 53.3 Å². The molecule has 5 heteroatoms. The molecule has 0 spiro atoms. The van der Waals surface area contributed by atoms with E-state index in [4.69, 9.17) is 5.73 Å². The van der Waals surface area contributed by atoms with Crippen LogP contribution in [0.25, 0.3) is 0 Å². The van der Waals surface area contributed by atoms with E-state index in [0.29, 0.717) is 25.3 Å². The van der Waals surface area contributed by atoms with Gasteiger partial charge in [-0.25, -0.2) is 0 Å². The lowest BCUT2D eigenvalue weighted by Gasteiger charge is -2.22. The number of carbonyl (C=O) groups excluding carboxylic acids is 1. The lowest BCUT2D eigenvalue weighted by molar-refractivity contribution is 0.0751. The standard InChI is InChI=1S/C16H22N4O/c1-13-12-15(19(2)18-13)16(21)20(11-9-17)10-8-14-6-4-3-5-7-14/h3-7,12H,8-11,17H2,1-2H3. The Bertz CT molecular complexity index is 592. The number of aromatic nitrogens is 2. The molecular formula is C16H22N4O. The predicted octanol–water partition coefficient (Wildman–Crippen LogP) is 1.37. The van der Waals surface area contributed by atoms with Gasteiger partial charge in [-0.05, 0) is 25.0 Å². The minimum Gasteiger partial charge on any atom is -0.336 e. The predicted molar refractivity (Wildman–Crippen MR) is 83.0 cm³/mol. The van der Waals surface area contributed by atoms with Gasteiger partial charge in [0, 0.05) is 26.7 Å². The molecule has 2 N–H and O–H groups in total. The molecule has 0 atom stereocenters. The van der Waals surface area contributed by atoms with Crippen molar-refractivity contribution in [2.24, 2.45) is 12.8 Å². The summed E-state index contributed by atoms with van der Waals surface area (Å²) in [6, 6.07) is 12.0. The summed E-state index contributed by atoms with van der Waals surface area (Å²) in [5, 5.41) is 4.23. The van der Waals surface area contributed by atoms with Gasteiger partial charge in [0.05, 0.1) is 5.69 Å². The molecule has 5 nitrogen and oxygen atoms in total. The normalized spacial score (nSPS) is 10.6. The van der Waals surface area contributed by atoms with Crippen LogP contribution in [0, 0.1) is 6.92 Å². The summed E-state index contributed by atoms with van der Waals surface area (Å²) in [6.45, 7) is 3.55. The van der Waals surface area contributed by atoms with Gasteiger partial charge in [-0.15, -0.1) is 0 Å². The zero-order valence-electron chi connectivity index (χ0n) is 12.6.